The van der Waals surface area contributed by atoms with Gasteiger partial charge < -0.3 is 14.5 Å². The Morgan fingerprint density at radius 2 is 2.14 bits per heavy atom. The summed E-state index contributed by atoms with van der Waals surface area (Å²) in [7, 11) is 1.64. The van der Waals surface area contributed by atoms with E-state index in [-0.39, 0.29) is 11.8 Å². The Bertz CT molecular complexity index is 770. The highest BCUT2D eigenvalue weighted by molar-refractivity contribution is 5.78. The monoisotopic (exact) mass is 385 g/mol. The molecule has 152 valence electrons. The van der Waals surface area contributed by atoms with Gasteiger partial charge in [0.15, 0.2) is 0 Å². The van der Waals surface area contributed by atoms with Crippen LogP contribution in [0.15, 0.2) is 28.7 Å². The first-order valence-electron chi connectivity index (χ1n) is 10.1. The summed E-state index contributed by atoms with van der Waals surface area (Å²) in [4.78, 5) is 19.4. The number of benzene rings is 1. The number of hydrogen-bond donors (Lipinski definition) is 1. The van der Waals surface area contributed by atoms with Crippen molar-refractivity contribution in [2.75, 3.05) is 33.4 Å². The van der Waals surface area contributed by atoms with Gasteiger partial charge in [0.25, 0.3) is 0 Å². The second-order valence-corrected chi connectivity index (χ2v) is 7.43. The largest absolute Gasteiger partial charge is 0.441 e. The van der Waals surface area contributed by atoms with Crippen molar-refractivity contribution in [1.29, 1.82) is 0 Å². The van der Waals surface area contributed by atoms with Crippen molar-refractivity contribution in [1.82, 2.24) is 15.2 Å². The fourth-order valence-corrected chi connectivity index (χ4v) is 3.63. The molecule has 2 aromatic rings. The predicted molar refractivity (Wildman–Crippen MR) is 109 cm³/mol. The average molecular weight is 386 g/mol. The van der Waals surface area contributed by atoms with Crippen molar-refractivity contribution in [3.8, 4) is 11.5 Å². The quantitative estimate of drug-likeness (QED) is 0.707. The molecule has 1 aliphatic heterocycles. The molecule has 6 nitrogen and oxygen atoms in total. The number of nitrogens with one attached hydrogen (secondary N) is 1. The van der Waals surface area contributed by atoms with E-state index in [0.29, 0.717) is 25.6 Å². The van der Waals surface area contributed by atoms with E-state index in [9.17, 15) is 4.79 Å². The molecular weight excluding hydrogens is 354 g/mol. The molecule has 0 radical (unpaired) electrons. The van der Waals surface area contributed by atoms with Crippen LogP contribution in [0.25, 0.3) is 11.5 Å². The van der Waals surface area contributed by atoms with Crippen LogP contribution >= 0.6 is 0 Å². The molecule has 1 N–H and O–H groups in total. The summed E-state index contributed by atoms with van der Waals surface area (Å²) in [5.74, 6) is 1.66. The van der Waals surface area contributed by atoms with Crippen LogP contribution < -0.4 is 5.32 Å². The molecule has 0 spiro atoms. The minimum absolute atomic E-state index is 0.0267. The van der Waals surface area contributed by atoms with Crippen LogP contribution in [-0.2, 0) is 22.5 Å². The second-order valence-electron chi connectivity index (χ2n) is 7.43. The first kappa shape index (κ1) is 20.6. The fraction of sp³-hybridized carbons (Fsp3) is 0.545. The number of piperidine rings is 1. The second kappa shape index (κ2) is 9.85. The first-order chi connectivity index (χ1) is 13.6. The third kappa shape index (κ3) is 5.20. The summed E-state index contributed by atoms with van der Waals surface area (Å²) in [6, 6.07) is 8.36. The lowest BCUT2D eigenvalue weighted by molar-refractivity contribution is -0.127. The number of likely N-dealkylation sites (tertiary alicyclic amines) is 1. The molecule has 1 atom stereocenters. The molecule has 1 aromatic heterocycles. The number of rotatable bonds is 8. The standard InChI is InChI=1S/C22H31N3O3/c1-4-17-7-9-18(10-8-17)22-24-20(16(2)28-22)15-25-12-5-6-19(14-25)21(26)23-11-13-27-3/h7-10,19H,4-6,11-15H2,1-3H3,(H,23,26). The highest BCUT2D eigenvalue weighted by Gasteiger charge is 2.26. The average Bonchev–Trinajstić information content (AvgIpc) is 3.08. The maximum atomic E-state index is 12.4. The normalized spacial score (nSPS) is 17.6. The van der Waals surface area contributed by atoms with E-state index in [0.717, 1.165) is 49.4 Å². The lowest BCUT2D eigenvalue weighted by atomic mass is 9.97. The fourth-order valence-electron chi connectivity index (χ4n) is 3.63. The minimum Gasteiger partial charge on any atom is -0.441 e. The van der Waals surface area contributed by atoms with Crippen molar-refractivity contribution in [2.24, 2.45) is 5.92 Å². The molecule has 0 bridgehead atoms. The van der Waals surface area contributed by atoms with E-state index in [2.05, 4.69) is 41.4 Å². The van der Waals surface area contributed by atoms with E-state index in [1.54, 1.807) is 7.11 Å². The van der Waals surface area contributed by atoms with Crippen LogP contribution in [0.1, 0.15) is 36.8 Å². The van der Waals surface area contributed by atoms with Gasteiger partial charge in [-0.2, -0.15) is 0 Å². The Balaban J connectivity index is 1.61. The van der Waals surface area contributed by atoms with Crippen LogP contribution in [0, 0.1) is 12.8 Å². The van der Waals surface area contributed by atoms with Crippen molar-refractivity contribution >= 4 is 5.91 Å². The van der Waals surface area contributed by atoms with Gasteiger partial charge in [0.1, 0.15) is 5.76 Å². The van der Waals surface area contributed by atoms with Crippen LogP contribution in [0.4, 0.5) is 0 Å². The summed E-state index contributed by atoms with van der Waals surface area (Å²) >= 11 is 0. The zero-order valence-corrected chi connectivity index (χ0v) is 17.2. The zero-order valence-electron chi connectivity index (χ0n) is 17.2. The SMILES string of the molecule is CCc1ccc(-c2nc(CN3CCCC(C(=O)NCCOC)C3)c(C)o2)cc1. The highest BCUT2D eigenvalue weighted by Crippen LogP contribution is 2.25. The highest BCUT2D eigenvalue weighted by atomic mass is 16.5. The van der Waals surface area contributed by atoms with Gasteiger partial charge in [-0.05, 0) is 50.4 Å². The van der Waals surface area contributed by atoms with E-state index in [4.69, 9.17) is 14.1 Å². The Hall–Kier alpha value is -2.18. The summed E-state index contributed by atoms with van der Waals surface area (Å²) in [5, 5.41) is 2.96. The molecule has 1 saturated heterocycles. The molecule has 1 aromatic carbocycles. The van der Waals surface area contributed by atoms with Gasteiger partial charge in [0.2, 0.25) is 11.8 Å². The molecule has 28 heavy (non-hydrogen) atoms. The maximum absolute atomic E-state index is 12.4. The molecule has 1 aliphatic rings. The van der Waals surface area contributed by atoms with Gasteiger partial charge in [-0.3, -0.25) is 9.69 Å². The van der Waals surface area contributed by atoms with Gasteiger partial charge in [0.05, 0.1) is 18.2 Å². The number of ether oxygens (including phenoxy) is 1. The van der Waals surface area contributed by atoms with Gasteiger partial charge in [0, 0.05) is 32.3 Å². The number of amides is 1. The van der Waals surface area contributed by atoms with E-state index < -0.39 is 0 Å². The van der Waals surface area contributed by atoms with Gasteiger partial charge in [-0.1, -0.05) is 19.1 Å². The number of carbonyl (C=O) groups is 1. The van der Waals surface area contributed by atoms with Crippen molar-refractivity contribution in [3.05, 3.63) is 41.3 Å². The molecule has 1 unspecified atom stereocenters. The Labute approximate surface area is 167 Å². The smallest absolute Gasteiger partial charge is 0.226 e. The van der Waals surface area contributed by atoms with Gasteiger partial charge in [-0.15, -0.1) is 0 Å². The molecule has 0 aliphatic carbocycles. The topological polar surface area (TPSA) is 67.6 Å². The number of aromatic nitrogens is 1. The molecule has 1 amide bonds. The molecule has 1 fully saturated rings. The number of hydrogen-bond acceptors (Lipinski definition) is 5. The third-order valence-electron chi connectivity index (χ3n) is 5.36. The molecule has 2 heterocycles. The number of carbonyl (C=O) groups excluding carboxylic acids is 1. The zero-order chi connectivity index (χ0) is 19.9. The lowest BCUT2D eigenvalue weighted by Crippen LogP contribution is -2.43. The molecular formula is C22H31N3O3. The lowest BCUT2D eigenvalue weighted by Gasteiger charge is -2.31. The number of aryl methyl sites for hydroxylation is 2. The Morgan fingerprint density at radius 3 is 2.86 bits per heavy atom. The van der Waals surface area contributed by atoms with E-state index >= 15 is 0 Å². The maximum Gasteiger partial charge on any atom is 0.226 e. The molecule has 6 heteroatoms. The summed E-state index contributed by atoms with van der Waals surface area (Å²) in [5.41, 5.74) is 3.26. The van der Waals surface area contributed by atoms with Gasteiger partial charge in [-0.25, -0.2) is 4.98 Å². The molecule has 0 saturated carbocycles. The summed E-state index contributed by atoms with van der Waals surface area (Å²) in [6.07, 6.45) is 2.97. The summed E-state index contributed by atoms with van der Waals surface area (Å²) < 4.78 is 10.9. The Kier molecular flexibility index (Phi) is 7.23. The van der Waals surface area contributed by atoms with Gasteiger partial charge >= 0.3 is 0 Å². The van der Waals surface area contributed by atoms with Crippen LogP contribution in [0.5, 0.6) is 0 Å². The van der Waals surface area contributed by atoms with Crippen molar-refractivity contribution < 1.29 is 13.9 Å². The third-order valence-corrected chi connectivity index (χ3v) is 5.36. The molecule has 3 rings (SSSR count). The van der Waals surface area contributed by atoms with Crippen molar-refractivity contribution in [3.63, 3.8) is 0 Å². The summed E-state index contributed by atoms with van der Waals surface area (Å²) in [6.45, 7) is 7.67. The van der Waals surface area contributed by atoms with Crippen molar-refractivity contribution in [2.45, 2.75) is 39.7 Å². The van der Waals surface area contributed by atoms with E-state index in [1.807, 2.05) is 6.92 Å². The predicted octanol–water partition coefficient (Wildman–Crippen LogP) is 3.19. The Morgan fingerprint density at radius 1 is 1.36 bits per heavy atom. The van der Waals surface area contributed by atoms with E-state index in [1.165, 1.54) is 5.56 Å². The van der Waals surface area contributed by atoms with Crippen LogP contribution in [-0.4, -0.2) is 49.1 Å². The van der Waals surface area contributed by atoms with Crippen LogP contribution in [0.2, 0.25) is 0 Å². The first-order valence-corrected chi connectivity index (χ1v) is 10.1. The van der Waals surface area contributed by atoms with Crippen LogP contribution in [0.3, 0.4) is 0 Å². The number of nitrogens with zero attached hydrogens (tertiary/aromatic N) is 2. The number of oxazole rings is 1. The number of methoxy groups -OCH3 is 1. The minimum atomic E-state index is 0.0267.